The van der Waals surface area contributed by atoms with Crippen LogP contribution in [0.5, 0.6) is 0 Å². The van der Waals surface area contributed by atoms with Crippen molar-refractivity contribution in [3.8, 4) is 0 Å². The highest BCUT2D eigenvalue weighted by molar-refractivity contribution is 5.84. The summed E-state index contributed by atoms with van der Waals surface area (Å²) in [5.74, 6) is -0.510. The zero-order valence-electron chi connectivity index (χ0n) is 17.2. The number of hydrogen-bond acceptors (Lipinski definition) is 2. The topological polar surface area (TPSA) is 11.4 Å². The summed E-state index contributed by atoms with van der Waals surface area (Å²) >= 11 is 0. The quantitative estimate of drug-likeness (QED) is 0.648. The fourth-order valence-corrected chi connectivity index (χ4v) is 5.59. The minimum absolute atomic E-state index is 0.0352. The number of hydrogen-bond donors (Lipinski definition) is 0. The number of fused-ring (bicyclic) bond motifs is 2. The summed E-state index contributed by atoms with van der Waals surface area (Å²) in [5.41, 5.74) is 4.15. The van der Waals surface area contributed by atoms with Gasteiger partial charge in [0.25, 0.3) is 0 Å². The molecule has 0 N–H and O–H groups in total. The number of aryl methyl sites for hydroxylation is 2. The van der Waals surface area contributed by atoms with Crippen molar-refractivity contribution >= 4 is 10.9 Å². The molecule has 0 radical (unpaired) electrons. The fraction of sp³-hybridized carbons (Fsp3) is 0.417. The predicted molar refractivity (Wildman–Crippen MR) is 112 cm³/mol. The van der Waals surface area contributed by atoms with Gasteiger partial charge in [-0.2, -0.15) is 0 Å². The average Bonchev–Trinajstić information content (AvgIpc) is 3.37. The summed E-state index contributed by atoms with van der Waals surface area (Å²) in [7, 11) is 6.36. The minimum Gasteiger partial charge on any atom is -0.350 e. The number of nitrogens with zero attached hydrogens (tertiary/aromatic N) is 3. The second kappa shape index (κ2) is 6.92. The number of likely N-dealkylation sites (tertiary alicyclic amines) is 1. The number of rotatable bonds is 3. The lowest BCUT2D eigenvalue weighted by Gasteiger charge is -2.26. The Morgan fingerprint density at radius 2 is 1.86 bits per heavy atom. The molecule has 29 heavy (non-hydrogen) atoms. The van der Waals surface area contributed by atoms with E-state index in [0.717, 1.165) is 37.6 Å². The summed E-state index contributed by atoms with van der Waals surface area (Å²) in [6.07, 6.45) is 3.86. The molecule has 3 nitrogen and oxygen atoms in total. The van der Waals surface area contributed by atoms with Crippen LogP contribution in [0.1, 0.15) is 35.1 Å². The molecule has 1 aliphatic carbocycles. The van der Waals surface area contributed by atoms with Crippen molar-refractivity contribution in [3.05, 3.63) is 70.9 Å². The van der Waals surface area contributed by atoms with Crippen LogP contribution in [0.2, 0.25) is 0 Å². The monoisotopic (exact) mass is 395 g/mol. The van der Waals surface area contributed by atoms with Gasteiger partial charge in [0.15, 0.2) is 0 Å². The first-order valence-corrected chi connectivity index (χ1v) is 10.4. The van der Waals surface area contributed by atoms with E-state index in [0.29, 0.717) is 17.5 Å². The normalized spacial score (nSPS) is 24.7. The molecule has 5 rings (SSSR count). The van der Waals surface area contributed by atoms with Crippen LogP contribution in [0.25, 0.3) is 10.9 Å². The Bertz CT molecular complexity index is 1070. The van der Waals surface area contributed by atoms with Crippen LogP contribution in [-0.2, 0) is 13.5 Å². The Morgan fingerprint density at radius 1 is 1.07 bits per heavy atom. The third-order valence-electron chi connectivity index (χ3n) is 6.95. The molecule has 3 aromatic rings. The summed E-state index contributed by atoms with van der Waals surface area (Å²) in [6, 6.07) is 11.5. The van der Waals surface area contributed by atoms with Crippen LogP contribution < -0.4 is 0 Å². The van der Waals surface area contributed by atoms with E-state index in [4.69, 9.17) is 0 Å². The van der Waals surface area contributed by atoms with Crippen molar-refractivity contribution in [2.24, 2.45) is 7.05 Å². The lowest BCUT2D eigenvalue weighted by molar-refractivity contribution is 0.213. The van der Waals surface area contributed by atoms with Crippen LogP contribution in [-0.4, -0.2) is 47.6 Å². The highest BCUT2D eigenvalue weighted by atomic mass is 19.1. The van der Waals surface area contributed by atoms with Crippen molar-refractivity contribution in [1.29, 1.82) is 0 Å². The van der Waals surface area contributed by atoms with Crippen molar-refractivity contribution < 1.29 is 8.78 Å². The molecule has 1 aromatic heterocycles. The summed E-state index contributed by atoms with van der Waals surface area (Å²) in [4.78, 5) is 4.72. The molecule has 0 spiro atoms. The molecule has 2 heterocycles. The Morgan fingerprint density at radius 3 is 2.66 bits per heavy atom. The number of aromatic nitrogens is 1. The van der Waals surface area contributed by atoms with Gasteiger partial charge < -0.3 is 9.47 Å². The van der Waals surface area contributed by atoms with Gasteiger partial charge in [-0.1, -0.05) is 18.2 Å². The molecule has 0 bridgehead atoms. The molecule has 2 aliphatic rings. The maximum absolute atomic E-state index is 14.7. The molecule has 152 valence electrons. The van der Waals surface area contributed by atoms with Gasteiger partial charge in [0, 0.05) is 66.9 Å². The molecule has 0 saturated carbocycles. The second-order valence-corrected chi connectivity index (χ2v) is 8.82. The van der Waals surface area contributed by atoms with Crippen LogP contribution in [0.4, 0.5) is 8.78 Å². The minimum atomic E-state index is -0.469. The highest BCUT2D eigenvalue weighted by Crippen LogP contribution is 2.44. The molecule has 1 saturated heterocycles. The van der Waals surface area contributed by atoms with E-state index < -0.39 is 11.6 Å². The van der Waals surface area contributed by atoms with Crippen molar-refractivity contribution in [1.82, 2.24) is 14.4 Å². The van der Waals surface area contributed by atoms with Crippen molar-refractivity contribution in [2.45, 2.75) is 30.8 Å². The molecular formula is C24H27F2N3. The lowest BCUT2D eigenvalue weighted by atomic mass is 9.93. The Hall–Kier alpha value is -2.24. The lowest BCUT2D eigenvalue weighted by Crippen LogP contribution is -2.35. The predicted octanol–water partition coefficient (Wildman–Crippen LogP) is 4.47. The number of halogens is 2. The van der Waals surface area contributed by atoms with Crippen molar-refractivity contribution in [3.63, 3.8) is 0 Å². The van der Waals surface area contributed by atoms with E-state index >= 15 is 0 Å². The third kappa shape index (κ3) is 2.99. The zero-order valence-corrected chi connectivity index (χ0v) is 17.2. The van der Waals surface area contributed by atoms with Crippen LogP contribution >= 0.6 is 0 Å². The van der Waals surface area contributed by atoms with Gasteiger partial charge in [-0.15, -0.1) is 0 Å². The first-order valence-electron chi connectivity index (χ1n) is 10.4. The Labute approximate surface area is 170 Å². The Kier molecular flexibility index (Phi) is 4.48. The van der Waals surface area contributed by atoms with Gasteiger partial charge >= 0.3 is 0 Å². The smallest absolute Gasteiger partial charge is 0.131 e. The molecule has 3 atom stereocenters. The van der Waals surface area contributed by atoms with E-state index in [-0.39, 0.29) is 6.04 Å². The average molecular weight is 395 g/mol. The molecular weight excluding hydrogens is 368 g/mol. The van der Waals surface area contributed by atoms with E-state index in [1.807, 2.05) is 0 Å². The molecule has 5 heteroatoms. The summed E-state index contributed by atoms with van der Waals surface area (Å²) in [5, 5.41) is 1.30. The molecule has 2 aromatic carbocycles. The Balaban J connectivity index is 1.52. The largest absolute Gasteiger partial charge is 0.350 e. The van der Waals surface area contributed by atoms with Crippen molar-refractivity contribution in [2.75, 3.05) is 27.2 Å². The first-order chi connectivity index (χ1) is 13.9. The molecule has 1 aliphatic heterocycles. The van der Waals surface area contributed by atoms with E-state index in [1.54, 1.807) is 0 Å². The van der Waals surface area contributed by atoms with E-state index in [1.165, 1.54) is 22.5 Å². The van der Waals surface area contributed by atoms with E-state index in [2.05, 4.69) is 66.0 Å². The third-order valence-corrected chi connectivity index (χ3v) is 6.95. The number of likely N-dealkylation sites (N-methyl/N-ethyl adjacent to an activating group) is 1. The SMILES string of the molecule is CN(C)C1CN(C2CCc3cc(F)cc(F)c32)CC1c1cn(C)c2ccccc12. The van der Waals surface area contributed by atoms with Crippen LogP contribution in [0, 0.1) is 11.6 Å². The van der Waals surface area contributed by atoms with Crippen LogP contribution in [0.15, 0.2) is 42.6 Å². The first kappa shape index (κ1) is 18.8. The number of para-hydroxylation sites is 1. The van der Waals surface area contributed by atoms with E-state index in [9.17, 15) is 8.78 Å². The van der Waals surface area contributed by atoms with Crippen LogP contribution in [0.3, 0.4) is 0 Å². The molecule has 1 fully saturated rings. The fourth-order valence-electron chi connectivity index (χ4n) is 5.59. The van der Waals surface area contributed by atoms with Gasteiger partial charge in [-0.25, -0.2) is 8.78 Å². The maximum Gasteiger partial charge on any atom is 0.131 e. The second-order valence-electron chi connectivity index (χ2n) is 8.82. The molecule has 3 unspecified atom stereocenters. The maximum atomic E-state index is 14.7. The summed E-state index contributed by atoms with van der Waals surface area (Å²) < 4.78 is 30.5. The standard InChI is InChI=1S/C24H27F2N3/c1-27(2)23-14-29(22-9-8-15-10-16(25)11-20(26)24(15)22)13-19(23)18-12-28(3)21-7-5-4-6-17(18)21/h4-7,10-12,19,22-23H,8-9,13-14H2,1-3H3. The van der Waals surface area contributed by atoms with Gasteiger partial charge in [0.2, 0.25) is 0 Å². The zero-order chi connectivity index (χ0) is 20.3. The summed E-state index contributed by atoms with van der Waals surface area (Å²) in [6.45, 7) is 1.78. The highest BCUT2D eigenvalue weighted by Gasteiger charge is 2.42. The molecule has 0 amide bonds. The van der Waals surface area contributed by atoms with Gasteiger partial charge in [-0.3, -0.25) is 4.90 Å². The van der Waals surface area contributed by atoms with Gasteiger partial charge in [0.05, 0.1) is 0 Å². The van der Waals surface area contributed by atoms with Gasteiger partial charge in [0.1, 0.15) is 11.6 Å². The number of benzene rings is 2. The van der Waals surface area contributed by atoms with Gasteiger partial charge in [-0.05, 0) is 50.2 Å².